The van der Waals surface area contributed by atoms with Crippen LogP contribution in [0.25, 0.3) is 44.5 Å². The van der Waals surface area contributed by atoms with E-state index >= 15 is 0 Å². The molecule has 2 aliphatic rings. The van der Waals surface area contributed by atoms with E-state index in [1.165, 1.54) is 0 Å². The molecule has 68 heavy (non-hydrogen) atoms. The lowest BCUT2D eigenvalue weighted by Crippen LogP contribution is -2.58. The van der Waals surface area contributed by atoms with Gasteiger partial charge in [-0.15, -0.1) is 0 Å². The Morgan fingerprint density at radius 2 is 0.676 bits per heavy atom. The van der Waals surface area contributed by atoms with E-state index in [1.54, 1.807) is 0 Å². The molecule has 8 aromatic carbocycles. The van der Waals surface area contributed by atoms with Crippen LogP contribution in [0.4, 0.5) is 0 Å². The van der Waals surface area contributed by atoms with Crippen molar-refractivity contribution >= 4 is 5.96 Å². The highest BCUT2D eigenvalue weighted by atomic mass is 16.8. The van der Waals surface area contributed by atoms with Gasteiger partial charge in [-0.05, 0) is 86.0 Å². The van der Waals surface area contributed by atoms with Crippen LogP contribution in [0.15, 0.2) is 223 Å². The molecule has 0 aliphatic carbocycles. The van der Waals surface area contributed by atoms with Gasteiger partial charge < -0.3 is 25.2 Å². The zero-order valence-corrected chi connectivity index (χ0v) is 39.4. The first kappa shape index (κ1) is 44.7. The van der Waals surface area contributed by atoms with Gasteiger partial charge in [0, 0.05) is 0 Å². The van der Waals surface area contributed by atoms with Crippen LogP contribution in [0.2, 0.25) is 0 Å². The SMILES string of the molecule is CC1(C)O[C@@H]2[C@@H](O1)C(c1ccc(-c3ccccc3)cc1)(c1ccc(-c3ccccc3)cc1)NC(=N[C@H](CO)C(C)(C)C)NC2(c1ccc(-c2ccccc2)cc1)c1ccc(-c2ccccc2)cc1. The predicted molar refractivity (Wildman–Crippen MR) is 277 cm³/mol. The Bertz CT molecular complexity index is 2610. The fraction of sp³-hybridized carbons (Fsp3) is 0.210. The predicted octanol–water partition coefficient (Wildman–Crippen LogP) is 13.0. The maximum atomic E-state index is 11.2. The molecule has 6 nitrogen and oxygen atoms in total. The Morgan fingerprint density at radius 1 is 0.426 bits per heavy atom. The number of aliphatic hydroxyl groups is 1. The van der Waals surface area contributed by atoms with Crippen molar-refractivity contribution in [3.8, 4) is 44.5 Å². The molecular formula is C62H59N3O3. The molecule has 2 heterocycles. The highest BCUT2D eigenvalue weighted by Crippen LogP contribution is 2.53. The molecule has 2 aliphatic heterocycles. The van der Waals surface area contributed by atoms with Crippen LogP contribution in [0, 0.1) is 5.41 Å². The summed E-state index contributed by atoms with van der Waals surface area (Å²) in [5, 5.41) is 19.4. The van der Waals surface area contributed by atoms with Crippen LogP contribution in [0.3, 0.4) is 0 Å². The Balaban J connectivity index is 1.26. The van der Waals surface area contributed by atoms with E-state index in [2.05, 4.69) is 226 Å². The van der Waals surface area contributed by atoms with Gasteiger partial charge in [0.15, 0.2) is 11.7 Å². The topological polar surface area (TPSA) is 75.1 Å². The standard InChI is InChI=1S/C62H59N3O3/c1-59(2,3)55(42-66)63-58-64-61(51-34-26-47(27-35-51)43-18-10-6-11-19-43,52-36-28-48(29-37-52)44-20-12-7-13-21-44)56-57(68-60(4,5)67-56)62(65-58,53-38-30-49(31-39-53)45-22-14-8-15-23-45)54-40-32-50(33-41-54)46-24-16-9-17-25-46/h6-41,55-57,66H,42H2,1-5H3,(H2,63,64,65)/t55-,56-,57-/m1/s1. The minimum absolute atomic E-state index is 0.154. The van der Waals surface area contributed by atoms with E-state index in [-0.39, 0.29) is 6.61 Å². The molecule has 340 valence electrons. The third kappa shape index (κ3) is 8.45. The zero-order valence-electron chi connectivity index (χ0n) is 39.4. The first-order chi connectivity index (χ1) is 33.0. The van der Waals surface area contributed by atoms with Crippen LogP contribution >= 0.6 is 0 Å². The third-order valence-electron chi connectivity index (χ3n) is 13.8. The summed E-state index contributed by atoms with van der Waals surface area (Å²) >= 11 is 0. The van der Waals surface area contributed by atoms with Crippen LogP contribution in [0.5, 0.6) is 0 Å². The minimum Gasteiger partial charge on any atom is -0.394 e. The molecule has 0 unspecified atom stereocenters. The number of hydrogen-bond acceptors (Lipinski definition) is 4. The van der Waals surface area contributed by atoms with Gasteiger partial charge in [0.25, 0.3) is 0 Å². The van der Waals surface area contributed by atoms with Crippen molar-refractivity contribution in [2.24, 2.45) is 10.4 Å². The summed E-state index contributed by atoms with van der Waals surface area (Å²) in [6.07, 6.45) is -1.35. The second-order valence-electron chi connectivity index (χ2n) is 19.7. The van der Waals surface area contributed by atoms with Crippen molar-refractivity contribution in [1.29, 1.82) is 0 Å². The van der Waals surface area contributed by atoms with Crippen molar-refractivity contribution in [2.75, 3.05) is 6.61 Å². The summed E-state index contributed by atoms with van der Waals surface area (Å²) < 4.78 is 15.0. The fourth-order valence-electron chi connectivity index (χ4n) is 10.2. The maximum Gasteiger partial charge on any atom is 0.193 e. The first-order valence-electron chi connectivity index (χ1n) is 23.7. The van der Waals surface area contributed by atoms with Crippen LogP contribution in [-0.4, -0.2) is 41.7 Å². The van der Waals surface area contributed by atoms with Crippen molar-refractivity contribution in [2.45, 2.75) is 69.7 Å². The number of fused-ring (bicyclic) bond motifs is 1. The van der Waals surface area contributed by atoms with Crippen LogP contribution in [-0.2, 0) is 20.6 Å². The van der Waals surface area contributed by atoms with Gasteiger partial charge in [-0.1, -0.05) is 239 Å². The number of guanidine groups is 1. The number of aliphatic hydroxyl groups excluding tert-OH is 1. The number of aliphatic imine (C=N–C) groups is 1. The number of nitrogens with zero attached hydrogens (tertiary/aromatic N) is 1. The lowest BCUT2D eigenvalue weighted by atomic mass is 9.69. The van der Waals surface area contributed by atoms with E-state index in [0.29, 0.717) is 5.96 Å². The quantitative estimate of drug-likeness (QED) is 0.128. The van der Waals surface area contributed by atoms with Crippen molar-refractivity contribution < 1.29 is 14.6 Å². The lowest BCUT2D eigenvalue weighted by molar-refractivity contribution is -0.156. The van der Waals surface area contributed by atoms with Gasteiger partial charge in [-0.25, -0.2) is 4.99 Å². The Labute approximate surface area is 401 Å². The van der Waals surface area contributed by atoms with E-state index < -0.39 is 40.5 Å². The molecule has 0 bridgehead atoms. The lowest BCUT2D eigenvalue weighted by Gasteiger charge is -2.43. The van der Waals surface area contributed by atoms with Gasteiger partial charge in [-0.3, -0.25) is 0 Å². The monoisotopic (exact) mass is 893 g/mol. The van der Waals surface area contributed by atoms with Crippen molar-refractivity contribution in [3.05, 3.63) is 241 Å². The maximum absolute atomic E-state index is 11.2. The zero-order chi connectivity index (χ0) is 46.9. The average Bonchev–Trinajstić information content (AvgIpc) is 3.67. The summed E-state index contributed by atoms with van der Waals surface area (Å²) in [5.41, 5.74) is 10.2. The number of ether oxygens (including phenoxy) is 2. The van der Waals surface area contributed by atoms with E-state index in [1.807, 2.05) is 38.1 Å². The fourth-order valence-corrected chi connectivity index (χ4v) is 10.2. The molecule has 3 atom stereocenters. The minimum atomic E-state index is -1.11. The summed E-state index contributed by atoms with van der Waals surface area (Å²) in [7, 11) is 0. The van der Waals surface area contributed by atoms with Gasteiger partial charge >= 0.3 is 0 Å². The first-order valence-corrected chi connectivity index (χ1v) is 23.7. The van der Waals surface area contributed by atoms with Crippen molar-refractivity contribution in [3.63, 3.8) is 0 Å². The van der Waals surface area contributed by atoms with E-state index in [4.69, 9.17) is 14.5 Å². The second kappa shape index (κ2) is 18.2. The largest absolute Gasteiger partial charge is 0.394 e. The van der Waals surface area contributed by atoms with E-state index in [9.17, 15) is 5.11 Å². The number of nitrogens with one attached hydrogen (secondary N) is 2. The number of hydrogen-bond donors (Lipinski definition) is 3. The van der Waals surface area contributed by atoms with Gasteiger partial charge in [0.05, 0.1) is 12.6 Å². The molecule has 6 heteroatoms. The molecular weight excluding hydrogens is 835 g/mol. The molecule has 10 rings (SSSR count). The molecule has 0 radical (unpaired) electrons. The highest BCUT2D eigenvalue weighted by molar-refractivity contribution is 5.85. The molecule has 3 N–H and O–H groups in total. The summed E-state index contributed by atoms with van der Waals surface area (Å²) in [4.78, 5) is 5.54. The molecule has 2 fully saturated rings. The summed E-state index contributed by atoms with van der Waals surface area (Å²) in [5.74, 6) is -0.512. The van der Waals surface area contributed by atoms with Gasteiger partial charge in [0.2, 0.25) is 0 Å². The molecule has 2 saturated heterocycles. The smallest absolute Gasteiger partial charge is 0.193 e. The second-order valence-corrected chi connectivity index (χ2v) is 19.7. The number of benzene rings is 8. The summed E-state index contributed by atoms with van der Waals surface area (Å²) in [6.45, 7) is 10.2. The molecule has 8 aromatic rings. The number of rotatable bonds is 10. The van der Waals surface area contributed by atoms with Crippen molar-refractivity contribution in [1.82, 2.24) is 10.6 Å². The molecule has 0 saturated carbocycles. The molecule has 0 amide bonds. The Hall–Kier alpha value is -7.09. The highest BCUT2D eigenvalue weighted by Gasteiger charge is 2.64. The third-order valence-corrected chi connectivity index (χ3v) is 13.8. The van der Waals surface area contributed by atoms with Crippen LogP contribution < -0.4 is 10.6 Å². The normalized spacial score (nSPS) is 18.6. The Morgan fingerprint density at radius 3 is 0.912 bits per heavy atom. The average molecular weight is 894 g/mol. The van der Waals surface area contributed by atoms with Gasteiger partial charge in [-0.2, -0.15) is 0 Å². The molecule has 0 aromatic heterocycles. The van der Waals surface area contributed by atoms with E-state index in [0.717, 1.165) is 66.8 Å². The molecule has 0 spiro atoms. The van der Waals surface area contributed by atoms with Crippen LogP contribution in [0.1, 0.15) is 56.9 Å². The Kier molecular flexibility index (Phi) is 12.0. The summed E-state index contributed by atoms with van der Waals surface area (Å²) in [6, 6.07) is 76.7. The van der Waals surface area contributed by atoms with Gasteiger partial charge in [0.1, 0.15) is 23.3 Å².